The fourth-order valence-electron chi connectivity index (χ4n) is 1.55. The highest BCUT2D eigenvalue weighted by atomic mass is 19.4. The number of hydrogen-bond acceptors (Lipinski definition) is 3. The van der Waals surface area contributed by atoms with Gasteiger partial charge in [0, 0.05) is 6.04 Å². The molecule has 2 amide bonds. The van der Waals surface area contributed by atoms with Crippen molar-refractivity contribution in [2.24, 2.45) is 0 Å². The standard InChI is InChI=1S/C10H13F3N2O5/c11-10(12,13)4-15(5-1-2-5)9(20)14-6(8(18)19)3-7(16)17/h5-6H,1-4H2,(H,14,20)(H,16,17)(H,18,19)/t6-/m0/s1. The summed E-state index contributed by atoms with van der Waals surface area (Å²) in [6.45, 7) is -1.50. The number of nitrogens with one attached hydrogen (secondary N) is 1. The van der Waals surface area contributed by atoms with Crippen molar-refractivity contribution in [1.29, 1.82) is 0 Å². The Bertz CT molecular complexity index is 408. The van der Waals surface area contributed by atoms with Crippen LogP contribution in [0.2, 0.25) is 0 Å². The number of nitrogens with zero attached hydrogens (tertiary/aromatic N) is 1. The molecule has 0 aromatic rings. The SMILES string of the molecule is O=C(O)C[C@H](NC(=O)N(CC(F)(F)F)C1CC1)C(=O)O. The molecule has 0 saturated heterocycles. The first-order valence-corrected chi connectivity index (χ1v) is 5.68. The third-order valence-electron chi connectivity index (χ3n) is 2.57. The van der Waals surface area contributed by atoms with Crippen molar-refractivity contribution >= 4 is 18.0 Å². The maximum Gasteiger partial charge on any atom is 0.406 e. The Balaban J connectivity index is 2.69. The Hall–Kier alpha value is -2.00. The normalized spacial score (nSPS) is 16.4. The molecule has 1 aliphatic rings. The first-order valence-electron chi connectivity index (χ1n) is 5.68. The molecule has 0 spiro atoms. The van der Waals surface area contributed by atoms with Crippen LogP contribution < -0.4 is 5.32 Å². The van der Waals surface area contributed by atoms with E-state index in [0.29, 0.717) is 17.7 Å². The van der Waals surface area contributed by atoms with Gasteiger partial charge in [0.25, 0.3) is 0 Å². The highest BCUT2D eigenvalue weighted by molar-refractivity contribution is 5.86. The van der Waals surface area contributed by atoms with Crippen LogP contribution >= 0.6 is 0 Å². The molecule has 0 bridgehead atoms. The summed E-state index contributed by atoms with van der Waals surface area (Å²) in [5.41, 5.74) is 0. The van der Waals surface area contributed by atoms with E-state index in [4.69, 9.17) is 10.2 Å². The monoisotopic (exact) mass is 298 g/mol. The summed E-state index contributed by atoms with van der Waals surface area (Å²) in [5.74, 6) is -3.10. The van der Waals surface area contributed by atoms with Gasteiger partial charge in [0.2, 0.25) is 0 Å². The average Bonchev–Trinajstić information content (AvgIpc) is 3.06. The minimum Gasteiger partial charge on any atom is -0.481 e. The van der Waals surface area contributed by atoms with Crippen molar-refractivity contribution in [3.63, 3.8) is 0 Å². The van der Waals surface area contributed by atoms with Crippen molar-refractivity contribution in [2.75, 3.05) is 6.54 Å². The molecule has 1 saturated carbocycles. The van der Waals surface area contributed by atoms with E-state index in [1.54, 1.807) is 5.32 Å². The number of halogens is 3. The summed E-state index contributed by atoms with van der Waals surface area (Å²) in [5, 5.41) is 19.0. The summed E-state index contributed by atoms with van der Waals surface area (Å²) in [4.78, 5) is 33.3. The molecule has 0 heterocycles. The maximum absolute atomic E-state index is 12.3. The molecule has 0 aromatic carbocycles. The quantitative estimate of drug-likeness (QED) is 0.667. The lowest BCUT2D eigenvalue weighted by Crippen LogP contribution is -2.51. The second-order valence-electron chi connectivity index (χ2n) is 4.41. The minimum absolute atomic E-state index is 0.403. The topological polar surface area (TPSA) is 107 Å². The summed E-state index contributed by atoms with van der Waals surface area (Å²) in [6, 6.07) is -3.58. The number of carbonyl (C=O) groups excluding carboxylic acids is 1. The molecule has 114 valence electrons. The van der Waals surface area contributed by atoms with Crippen LogP contribution in [-0.2, 0) is 9.59 Å². The predicted molar refractivity (Wildman–Crippen MR) is 58.0 cm³/mol. The van der Waals surface area contributed by atoms with Crippen molar-refractivity contribution in [3.05, 3.63) is 0 Å². The van der Waals surface area contributed by atoms with Crippen LogP contribution in [0.1, 0.15) is 19.3 Å². The summed E-state index contributed by atoms with van der Waals surface area (Å²) in [7, 11) is 0. The number of aliphatic carboxylic acids is 2. The van der Waals surface area contributed by atoms with E-state index in [0.717, 1.165) is 0 Å². The van der Waals surface area contributed by atoms with Crippen LogP contribution in [0.3, 0.4) is 0 Å². The number of amides is 2. The first-order chi connectivity index (χ1) is 9.10. The molecule has 1 atom stereocenters. The zero-order chi connectivity index (χ0) is 15.5. The third-order valence-corrected chi connectivity index (χ3v) is 2.57. The number of carboxylic acids is 2. The van der Waals surface area contributed by atoms with E-state index >= 15 is 0 Å². The third kappa shape index (κ3) is 5.33. The number of urea groups is 1. The molecular weight excluding hydrogens is 285 g/mol. The maximum atomic E-state index is 12.3. The van der Waals surface area contributed by atoms with E-state index in [-0.39, 0.29) is 0 Å². The lowest BCUT2D eigenvalue weighted by Gasteiger charge is -2.25. The second-order valence-corrected chi connectivity index (χ2v) is 4.41. The Morgan fingerprint density at radius 2 is 1.80 bits per heavy atom. The summed E-state index contributed by atoms with van der Waals surface area (Å²) in [6.07, 6.45) is -4.71. The van der Waals surface area contributed by atoms with Crippen LogP contribution in [-0.4, -0.2) is 57.9 Å². The smallest absolute Gasteiger partial charge is 0.406 e. The van der Waals surface area contributed by atoms with E-state index < -0.39 is 49.2 Å². The van der Waals surface area contributed by atoms with Crippen LogP contribution in [0.5, 0.6) is 0 Å². The van der Waals surface area contributed by atoms with Crippen LogP contribution in [0.25, 0.3) is 0 Å². The van der Waals surface area contributed by atoms with Crippen molar-refractivity contribution in [1.82, 2.24) is 10.2 Å². The minimum atomic E-state index is -4.61. The molecule has 1 rings (SSSR count). The molecule has 1 fully saturated rings. The van der Waals surface area contributed by atoms with Crippen LogP contribution in [0.4, 0.5) is 18.0 Å². The van der Waals surface area contributed by atoms with Gasteiger partial charge in [0.15, 0.2) is 0 Å². The lowest BCUT2D eigenvalue weighted by molar-refractivity contribution is -0.146. The molecule has 0 aromatic heterocycles. The van der Waals surface area contributed by atoms with Gasteiger partial charge in [0.05, 0.1) is 6.42 Å². The molecule has 7 nitrogen and oxygen atoms in total. The first kappa shape index (κ1) is 16.1. The van der Waals surface area contributed by atoms with Crippen molar-refractivity contribution in [2.45, 2.75) is 37.5 Å². The van der Waals surface area contributed by atoms with Gasteiger partial charge in [0.1, 0.15) is 12.6 Å². The van der Waals surface area contributed by atoms with Gasteiger partial charge in [-0.1, -0.05) is 0 Å². The fourth-order valence-corrected chi connectivity index (χ4v) is 1.55. The molecular formula is C10H13F3N2O5. The number of carbonyl (C=O) groups is 3. The number of rotatable bonds is 6. The fraction of sp³-hybridized carbons (Fsp3) is 0.700. The van der Waals surface area contributed by atoms with Gasteiger partial charge in [-0.25, -0.2) is 9.59 Å². The van der Waals surface area contributed by atoms with Gasteiger partial charge in [-0.2, -0.15) is 13.2 Å². The Labute approximate surface area is 111 Å². The van der Waals surface area contributed by atoms with Gasteiger partial charge >= 0.3 is 24.1 Å². The Morgan fingerprint density at radius 1 is 1.25 bits per heavy atom. The molecule has 10 heteroatoms. The van der Waals surface area contributed by atoms with Crippen LogP contribution in [0.15, 0.2) is 0 Å². The van der Waals surface area contributed by atoms with E-state index in [9.17, 15) is 27.6 Å². The zero-order valence-corrected chi connectivity index (χ0v) is 10.2. The molecule has 0 aliphatic heterocycles. The van der Waals surface area contributed by atoms with Crippen LogP contribution in [0, 0.1) is 0 Å². The number of carboxylic acid groups (broad SMARTS) is 2. The van der Waals surface area contributed by atoms with E-state index in [1.165, 1.54) is 0 Å². The van der Waals surface area contributed by atoms with Gasteiger partial charge < -0.3 is 20.4 Å². The Morgan fingerprint density at radius 3 is 2.15 bits per heavy atom. The number of alkyl halides is 3. The molecule has 1 aliphatic carbocycles. The molecule has 3 N–H and O–H groups in total. The summed E-state index contributed by atoms with van der Waals surface area (Å²) >= 11 is 0. The summed E-state index contributed by atoms with van der Waals surface area (Å²) < 4.78 is 37.0. The Kier molecular flexibility index (Phi) is 4.79. The highest BCUT2D eigenvalue weighted by Gasteiger charge is 2.41. The van der Waals surface area contributed by atoms with Gasteiger partial charge in [-0.15, -0.1) is 0 Å². The molecule has 0 unspecified atom stereocenters. The molecule has 0 radical (unpaired) electrons. The van der Waals surface area contributed by atoms with Crippen molar-refractivity contribution in [3.8, 4) is 0 Å². The van der Waals surface area contributed by atoms with Gasteiger partial charge in [-0.3, -0.25) is 4.79 Å². The van der Waals surface area contributed by atoms with Gasteiger partial charge in [-0.05, 0) is 12.8 Å². The average molecular weight is 298 g/mol. The van der Waals surface area contributed by atoms with E-state index in [1.807, 2.05) is 0 Å². The number of hydrogen-bond donors (Lipinski definition) is 3. The van der Waals surface area contributed by atoms with E-state index in [2.05, 4.69) is 0 Å². The molecule has 20 heavy (non-hydrogen) atoms. The lowest BCUT2D eigenvalue weighted by atomic mass is 10.2. The largest absolute Gasteiger partial charge is 0.481 e. The second kappa shape index (κ2) is 5.97. The zero-order valence-electron chi connectivity index (χ0n) is 10.2. The van der Waals surface area contributed by atoms with Crippen molar-refractivity contribution < 1.29 is 37.8 Å². The predicted octanol–water partition coefficient (Wildman–Crippen LogP) is 0.651. The highest BCUT2D eigenvalue weighted by Crippen LogP contribution is 2.30.